The fraction of sp³-hybridized carbons (Fsp3) is 0.784. The third kappa shape index (κ3) is 7.81. The number of alkyl carbamates (subject to hydrolysis) is 1. The maximum atomic E-state index is 13.3. The van der Waals surface area contributed by atoms with Crippen LogP contribution in [-0.4, -0.2) is 29.3 Å². The van der Waals surface area contributed by atoms with Crippen LogP contribution in [0.25, 0.3) is 0 Å². The first kappa shape index (κ1) is 36.8. The average molecular weight is 597 g/mol. The molecule has 1 saturated carbocycles. The van der Waals surface area contributed by atoms with Crippen molar-refractivity contribution >= 4 is 17.7 Å². The van der Waals surface area contributed by atoms with Gasteiger partial charge in [-0.2, -0.15) is 5.26 Å². The van der Waals surface area contributed by atoms with Crippen LogP contribution in [0.3, 0.4) is 0 Å². The number of rotatable bonds is 12. The summed E-state index contributed by atoms with van der Waals surface area (Å²) in [6.07, 6.45) is 10.3. The SMILES string of the molecule is CCCC(C)(C)CC[C@@](C)(CCC(C)(C)[C@]1(C)CC[C@H]2C(C)(C)C(=O)C(C#N)=C[C@]2(C)/C1=C/C(C)=O)NC(=O)OC(C)C. The number of fused-ring (bicyclic) bond motifs is 1. The minimum Gasteiger partial charge on any atom is -0.447 e. The van der Waals surface area contributed by atoms with E-state index in [9.17, 15) is 19.6 Å². The molecule has 2 rings (SSSR count). The fourth-order valence-electron chi connectivity index (χ4n) is 8.13. The predicted molar refractivity (Wildman–Crippen MR) is 174 cm³/mol. The molecule has 0 aromatic carbocycles. The molecular weight excluding hydrogens is 536 g/mol. The molecule has 1 amide bonds. The van der Waals surface area contributed by atoms with Crippen LogP contribution < -0.4 is 5.32 Å². The normalized spacial score (nSPS) is 28.0. The molecule has 2 aliphatic rings. The van der Waals surface area contributed by atoms with Crippen molar-refractivity contribution in [3.8, 4) is 6.07 Å². The van der Waals surface area contributed by atoms with Gasteiger partial charge < -0.3 is 10.1 Å². The number of Topliss-reactive ketones (excluding diaryl/α,β-unsaturated/α-hetero) is 1. The molecule has 2 aliphatic carbocycles. The topological polar surface area (TPSA) is 96.3 Å². The van der Waals surface area contributed by atoms with Crippen LogP contribution in [0.2, 0.25) is 0 Å². The molecule has 0 aromatic rings. The Balaban J connectivity index is 2.54. The van der Waals surface area contributed by atoms with Gasteiger partial charge in [0, 0.05) is 16.4 Å². The Morgan fingerprint density at radius 3 is 2.16 bits per heavy atom. The summed E-state index contributed by atoms with van der Waals surface area (Å²) in [5.74, 6) is -0.150. The van der Waals surface area contributed by atoms with Crippen molar-refractivity contribution in [1.82, 2.24) is 5.32 Å². The van der Waals surface area contributed by atoms with Gasteiger partial charge in [0.1, 0.15) is 6.07 Å². The van der Waals surface area contributed by atoms with Crippen molar-refractivity contribution in [2.24, 2.45) is 33.0 Å². The van der Waals surface area contributed by atoms with E-state index in [0.29, 0.717) is 0 Å². The number of nitrogens with zero attached hydrogens (tertiary/aromatic N) is 1. The second-order valence-electron chi connectivity index (χ2n) is 16.5. The summed E-state index contributed by atoms with van der Waals surface area (Å²) in [5, 5.41) is 13.2. The van der Waals surface area contributed by atoms with Gasteiger partial charge in [-0.15, -0.1) is 0 Å². The Hall–Kier alpha value is -2.42. The van der Waals surface area contributed by atoms with Gasteiger partial charge in [-0.25, -0.2) is 4.79 Å². The fourth-order valence-corrected chi connectivity index (χ4v) is 8.13. The lowest BCUT2D eigenvalue weighted by Gasteiger charge is -2.61. The maximum absolute atomic E-state index is 13.3. The van der Waals surface area contributed by atoms with Gasteiger partial charge in [-0.1, -0.05) is 80.4 Å². The Morgan fingerprint density at radius 2 is 1.65 bits per heavy atom. The summed E-state index contributed by atoms with van der Waals surface area (Å²) in [7, 11) is 0. The molecule has 0 heterocycles. The lowest BCUT2D eigenvalue weighted by Crippen LogP contribution is -2.56. The number of nitrogens with one attached hydrogen (secondary N) is 1. The van der Waals surface area contributed by atoms with Gasteiger partial charge >= 0.3 is 6.09 Å². The summed E-state index contributed by atoms with van der Waals surface area (Å²) in [6.45, 7) is 27.1. The maximum Gasteiger partial charge on any atom is 0.407 e. The first-order valence-corrected chi connectivity index (χ1v) is 16.4. The van der Waals surface area contributed by atoms with E-state index in [2.05, 4.69) is 66.8 Å². The van der Waals surface area contributed by atoms with Crippen LogP contribution in [0.1, 0.15) is 141 Å². The van der Waals surface area contributed by atoms with Crippen LogP contribution in [0.4, 0.5) is 4.79 Å². The van der Waals surface area contributed by atoms with Crippen LogP contribution in [0.15, 0.2) is 23.3 Å². The standard InChI is InChI=1S/C37H60N2O4/c1-14-16-32(5,6)18-20-35(11,39-31(42)43-25(2)3)21-19-33(7,8)37(13)17-15-28-34(9,10)30(41)27(24-38)23-36(28,12)29(37)22-26(4)40/h22-23,25,28H,14-21H2,1-13H3,(H,39,42)/b29-22-/t28-,35-,36-,37+/m0/s1. The highest BCUT2D eigenvalue weighted by Crippen LogP contribution is 2.67. The Kier molecular flexibility index (Phi) is 11.0. The third-order valence-corrected chi connectivity index (χ3v) is 11.3. The highest BCUT2D eigenvalue weighted by atomic mass is 16.6. The van der Waals surface area contributed by atoms with E-state index < -0.39 is 16.4 Å². The number of ether oxygens (including phenoxy) is 1. The molecule has 4 atom stereocenters. The molecule has 1 fully saturated rings. The average Bonchev–Trinajstić information content (AvgIpc) is 2.86. The third-order valence-electron chi connectivity index (χ3n) is 11.3. The molecule has 1 N–H and O–H groups in total. The van der Waals surface area contributed by atoms with Crippen LogP contribution >= 0.6 is 0 Å². The number of hydrogen-bond donors (Lipinski definition) is 1. The Bertz CT molecular complexity index is 1180. The number of hydrogen-bond acceptors (Lipinski definition) is 5. The number of amides is 1. The summed E-state index contributed by atoms with van der Waals surface area (Å²) in [6, 6.07) is 2.17. The second-order valence-corrected chi connectivity index (χ2v) is 16.5. The highest BCUT2D eigenvalue weighted by molar-refractivity contribution is 6.04. The van der Waals surface area contributed by atoms with E-state index in [1.54, 1.807) is 13.0 Å². The van der Waals surface area contributed by atoms with Gasteiger partial charge in [0.05, 0.1) is 11.7 Å². The lowest BCUT2D eigenvalue weighted by molar-refractivity contribution is -0.131. The molecule has 242 valence electrons. The smallest absolute Gasteiger partial charge is 0.407 e. The predicted octanol–water partition coefficient (Wildman–Crippen LogP) is 9.29. The molecular formula is C37H60N2O4. The molecule has 6 heteroatoms. The second kappa shape index (κ2) is 12.9. The lowest BCUT2D eigenvalue weighted by atomic mass is 9.42. The van der Waals surface area contributed by atoms with Gasteiger partial charge in [0.15, 0.2) is 11.6 Å². The Morgan fingerprint density at radius 1 is 1.07 bits per heavy atom. The first-order chi connectivity index (χ1) is 19.5. The van der Waals surface area contributed by atoms with Crippen molar-refractivity contribution in [2.75, 3.05) is 0 Å². The zero-order valence-corrected chi connectivity index (χ0v) is 29.5. The van der Waals surface area contributed by atoms with E-state index >= 15 is 0 Å². The van der Waals surface area contributed by atoms with E-state index in [1.165, 1.54) is 0 Å². The molecule has 0 bridgehead atoms. The summed E-state index contributed by atoms with van der Waals surface area (Å²) in [4.78, 5) is 39.0. The molecule has 43 heavy (non-hydrogen) atoms. The molecule has 0 saturated heterocycles. The minimum atomic E-state index is -0.708. The van der Waals surface area contributed by atoms with Gasteiger partial charge in [-0.05, 0) is 101 Å². The molecule has 0 unspecified atom stereocenters. The monoisotopic (exact) mass is 596 g/mol. The molecule has 0 radical (unpaired) electrons. The van der Waals surface area contributed by atoms with Crippen LogP contribution in [0, 0.1) is 44.3 Å². The number of allylic oxidation sites excluding steroid dienone is 4. The largest absolute Gasteiger partial charge is 0.447 e. The summed E-state index contributed by atoms with van der Waals surface area (Å²) < 4.78 is 5.52. The molecule has 6 nitrogen and oxygen atoms in total. The number of carbonyl (C=O) groups excluding carboxylic acids is 3. The number of nitriles is 1. The quantitative estimate of drug-likeness (QED) is 0.226. The van der Waals surface area contributed by atoms with Crippen molar-refractivity contribution in [3.05, 3.63) is 23.3 Å². The van der Waals surface area contributed by atoms with Crippen LogP contribution in [0.5, 0.6) is 0 Å². The highest BCUT2D eigenvalue weighted by Gasteiger charge is 2.61. The van der Waals surface area contributed by atoms with Gasteiger partial charge in [0.2, 0.25) is 0 Å². The zero-order chi connectivity index (χ0) is 33.2. The number of carbonyl (C=O) groups is 3. The van der Waals surface area contributed by atoms with Crippen molar-refractivity contribution in [3.63, 3.8) is 0 Å². The molecule has 0 spiro atoms. The Labute approximate surface area is 262 Å². The number of ketones is 2. The zero-order valence-electron chi connectivity index (χ0n) is 29.5. The van der Waals surface area contributed by atoms with E-state index in [4.69, 9.17) is 4.74 Å². The summed E-state index contributed by atoms with van der Waals surface area (Å²) in [5.41, 5.74) is -1.05. The van der Waals surface area contributed by atoms with E-state index in [1.807, 2.05) is 33.8 Å². The van der Waals surface area contributed by atoms with Crippen molar-refractivity contribution < 1.29 is 19.1 Å². The van der Waals surface area contributed by atoms with Crippen LogP contribution in [-0.2, 0) is 14.3 Å². The van der Waals surface area contributed by atoms with E-state index in [-0.39, 0.29) is 51.5 Å². The first-order valence-electron chi connectivity index (χ1n) is 16.4. The van der Waals surface area contributed by atoms with E-state index in [0.717, 1.165) is 56.9 Å². The van der Waals surface area contributed by atoms with Crippen molar-refractivity contribution in [1.29, 1.82) is 5.26 Å². The molecule has 0 aromatic heterocycles. The molecule has 0 aliphatic heterocycles. The summed E-state index contributed by atoms with van der Waals surface area (Å²) >= 11 is 0. The van der Waals surface area contributed by atoms with Crippen molar-refractivity contribution in [2.45, 2.75) is 153 Å². The van der Waals surface area contributed by atoms with Gasteiger partial charge in [-0.3, -0.25) is 9.59 Å². The minimum absolute atomic E-state index is 0.0161. The van der Waals surface area contributed by atoms with Gasteiger partial charge in [0.25, 0.3) is 0 Å².